The average molecular weight is 188 g/mol. The summed E-state index contributed by atoms with van der Waals surface area (Å²) in [7, 11) is 0. The number of H-pyrrole nitrogens is 1. The van der Waals surface area contributed by atoms with Gasteiger partial charge in [-0.2, -0.15) is 0 Å². The van der Waals surface area contributed by atoms with Gasteiger partial charge in [0.15, 0.2) is 0 Å². The van der Waals surface area contributed by atoms with Crippen molar-refractivity contribution in [3.8, 4) is 5.69 Å². The monoisotopic (exact) mass is 188 g/mol. The van der Waals surface area contributed by atoms with E-state index < -0.39 is 0 Å². The summed E-state index contributed by atoms with van der Waals surface area (Å²) in [6.07, 6.45) is 3.37. The summed E-state index contributed by atoms with van der Waals surface area (Å²) in [5.41, 5.74) is 3.22. The Morgan fingerprint density at radius 3 is 2.57 bits per heavy atom. The van der Waals surface area contributed by atoms with E-state index in [1.165, 1.54) is 11.1 Å². The van der Waals surface area contributed by atoms with E-state index in [1.54, 1.807) is 17.0 Å². The van der Waals surface area contributed by atoms with Crippen molar-refractivity contribution in [2.45, 2.75) is 13.8 Å². The Labute approximate surface area is 82.0 Å². The molecule has 0 saturated carbocycles. The van der Waals surface area contributed by atoms with Crippen LogP contribution in [0, 0.1) is 13.8 Å². The van der Waals surface area contributed by atoms with E-state index in [9.17, 15) is 4.79 Å². The quantitative estimate of drug-likeness (QED) is 0.727. The minimum absolute atomic E-state index is 0.103. The lowest BCUT2D eigenvalue weighted by molar-refractivity contribution is 0.983. The fourth-order valence-electron chi connectivity index (χ4n) is 1.40. The molecule has 0 amide bonds. The molecule has 1 aromatic carbocycles. The molecule has 0 saturated heterocycles. The number of aromatic nitrogens is 2. The molecule has 0 bridgehead atoms. The molecule has 0 aliphatic rings. The molecular formula is C11H12N2O. The van der Waals surface area contributed by atoms with Crippen LogP contribution in [0.3, 0.4) is 0 Å². The molecule has 0 aliphatic carbocycles. The van der Waals surface area contributed by atoms with E-state index in [2.05, 4.69) is 11.9 Å². The highest BCUT2D eigenvalue weighted by atomic mass is 16.1. The summed E-state index contributed by atoms with van der Waals surface area (Å²) in [5.74, 6) is 0. The summed E-state index contributed by atoms with van der Waals surface area (Å²) in [5, 5.41) is 0. The maximum Gasteiger partial charge on any atom is 0.330 e. The predicted octanol–water partition coefficient (Wildman–Crippen LogP) is 1.78. The van der Waals surface area contributed by atoms with Crippen LogP contribution in [0.25, 0.3) is 5.69 Å². The maximum absolute atomic E-state index is 11.3. The molecule has 1 aromatic heterocycles. The summed E-state index contributed by atoms with van der Waals surface area (Å²) in [4.78, 5) is 13.9. The smallest absolute Gasteiger partial charge is 0.312 e. The van der Waals surface area contributed by atoms with E-state index in [0.29, 0.717) is 0 Å². The minimum atomic E-state index is -0.103. The zero-order valence-corrected chi connectivity index (χ0v) is 8.24. The van der Waals surface area contributed by atoms with Crippen molar-refractivity contribution in [1.82, 2.24) is 9.55 Å². The van der Waals surface area contributed by atoms with Gasteiger partial charge in [0.1, 0.15) is 0 Å². The molecule has 1 N–H and O–H groups in total. The van der Waals surface area contributed by atoms with Gasteiger partial charge in [-0.1, -0.05) is 6.07 Å². The Hall–Kier alpha value is -1.77. The number of nitrogens with zero attached hydrogens (tertiary/aromatic N) is 1. The van der Waals surface area contributed by atoms with Gasteiger partial charge in [0, 0.05) is 12.4 Å². The van der Waals surface area contributed by atoms with E-state index in [4.69, 9.17) is 0 Å². The van der Waals surface area contributed by atoms with Gasteiger partial charge in [-0.05, 0) is 37.1 Å². The topological polar surface area (TPSA) is 37.8 Å². The highest BCUT2D eigenvalue weighted by molar-refractivity contribution is 5.39. The Bertz CT molecular complexity index is 508. The van der Waals surface area contributed by atoms with E-state index in [-0.39, 0.29) is 5.69 Å². The van der Waals surface area contributed by atoms with Crippen molar-refractivity contribution in [2.75, 3.05) is 0 Å². The number of imidazole rings is 1. The Morgan fingerprint density at radius 1 is 1.21 bits per heavy atom. The number of nitrogens with one attached hydrogen (secondary N) is 1. The number of rotatable bonds is 1. The molecule has 0 spiro atoms. The van der Waals surface area contributed by atoms with Gasteiger partial charge in [-0.3, -0.25) is 4.57 Å². The number of hydrogen-bond donors (Lipinski definition) is 1. The van der Waals surface area contributed by atoms with Crippen molar-refractivity contribution in [3.63, 3.8) is 0 Å². The standard InChI is InChI=1S/C11H12N2O/c1-8-3-4-10(7-9(8)2)13-6-5-12-11(13)14/h3-7H,1-2H3,(H,12,14). The fourth-order valence-corrected chi connectivity index (χ4v) is 1.40. The second kappa shape index (κ2) is 3.18. The van der Waals surface area contributed by atoms with Crippen LogP contribution in [0.1, 0.15) is 11.1 Å². The van der Waals surface area contributed by atoms with E-state index in [1.807, 2.05) is 25.1 Å². The van der Waals surface area contributed by atoms with Crippen molar-refractivity contribution in [2.24, 2.45) is 0 Å². The average Bonchev–Trinajstić information content (AvgIpc) is 2.57. The first kappa shape index (κ1) is 8.81. The lowest BCUT2D eigenvalue weighted by atomic mass is 10.1. The number of aryl methyl sites for hydroxylation is 2. The zero-order chi connectivity index (χ0) is 10.1. The van der Waals surface area contributed by atoms with E-state index >= 15 is 0 Å². The maximum atomic E-state index is 11.3. The van der Waals surface area contributed by atoms with Crippen molar-refractivity contribution in [3.05, 3.63) is 52.2 Å². The molecule has 0 radical (unpaired) electrons. The van der Waals surface area contributed by atoms with Gasteiger partial charge >= 0.3 is 5.69 Å². The van der Waals surface area contributed by atoms with Crippen LogP contribution in [-0.2, 0) is 0 Å². The second-order valence-corrected chi connectivity index (χ2v) is 3.40. The third-order valence-corrected chi connectivity index (χ3v) is 2.42. The molecule has 3 heteroatoms. The van der Waals surface area contributed by atoms with Crippen LogP contribution in [0.4, 0.5) is 0 Å². The summed E-state index contributed by atoms with van der Waals surface area (Å²) in [6, 6.07) is 5.96. The largest absolute Gasteiger partial charge is 0.330 e. The van der Waals surface area contributed by atoms with Crippen LogP contribution in [0.15, 0.2) is 35.4 Å². The lowest BCUT2D eigenvalue weighted by Crippen LogP contribution is -2.13. The van der Waals surface area contributed by atoms with Crippen molar-refractivity contribution in [1.29, 1.82) is 0 Å². The van der Waals surface area contributed by atoms with Crippen LogP contribution in [0.5, 0.6) is 0 Å². The minimum Gasteiger partial charge on any atom is -0.312 e. The Balaban J connectivity index is 2.59. The van der Waals surface area contributed by atoms with Gasteiger partial charge in [0.05, 0.1) is 5.69 Å². The van der Waals surface area contributed by atoms with E-state index in [0.717, 1.165) is 5.69 Å². The molecule has 2 rings (SSSR count). The van der Waals surface area contributed by atoms with Gasteiger partial charge in [0.25, 0.3) is 0 Å². The van der Waals surface area contributed by atoms with Crippen LogP contribution < -0.4 is 5.69 Å². The third-order valence-electron chi connectivity index (χ3n) is 2.42. The highest BCUT2D eigenvalue weighted by Crippen LogP contribution is 2.11. The molecule has 0 fully saturated rings. The molecule has 2 aromatic rings. The molecule has 1 heterocycles. The number of aromatic amines is 1. The number of hydrogen-bond acceptors (Lipinski definition) is 1. The third kappa shape index (κ3) is 1.37. The fraction of sp³-hybridized carbons (Fsp3) is 0.182. The van der Waals surface area contributed by atoms with Gasteiger partial charge in [-0.15, -0.1) is 0 Å². The normalized spacial score (nSPS) is 10.4. The molecule has 3 nitrogen and oxygen atoms in total. The van der Waals surface area contributed by atoms with Crippen LogP contribution >= 0.6 is 0 Å². The molecule has 0 aliphatic heterocycles. The van der Waals surface area contributed by atoms with Crippen molar-refractivity contribution >= 4 is 0 Å². The molecule has 14 heavy (non-hydrogen) atoms. The van der Waals surface area contributed by atoms with Gasteiger partial charge in [-0.25, -0.2) is 4.79 Å². The molecular weight excluding hydrogens is 176 g/mol. The zero-order valence-electron chi connectivity index (χ0n) is 8.24. The highest BCUT2D eigenvalue weighted by Gasteiger charge is 2.00. The summed E-state index contributed by atoms with van der Waals surface area (Å²) in [6.45, 7) is 4.09. The van der Waals surface area contributed by atoms with Gasteiger partial charge in [0.2, 0.25) is 0 Å². The second-order valence-electron chi connectivity index (χ2n) is 3.40. The molecule has 72 valence electrons. The predicted molar refractivity (Wildman–Crippen MR) is 55.9 cm³/mol. The van der Waals surface area contributed by atoms with Crippen LogP contribution in [0.2, 0.25) is 0 Å². The van der Waals surface area contributed by atoms with Gasteiger partial charge < -0.3 is 4.98 Å². The van der Waals surface area contributed by atoms with Crippen molar-refractivity contribution < 1.29 is 0 Å². The molecule has 0 atom stereocenters. The van der Waals surface area contributed by atoms with Crippen LogP contribution in [-0.4, -0.2) is 9.55 Å². The first-order chi connectivity index (χ1) is 6.68. The lowest BCUT2D eigenvalue weighted by Gasteiger charge is -2.04. The molecule has 0 unspecified atom stereocenters. The first-order valence-corrected chi connectivity index (χ1v) is 4.52. The number of benzene rings is 1. The SMILES string of the molecule is Cc1ccc(-n2cc[nH]c2=O)cc1C. The Morgan fingerprint density at radius 2 is 2.00 bits per heavy atom. The Kier molecular flexibility index (Phi) is 2.00. The summed E-state index contributed by atoms with van der Waals surface area (Å²) < 4.78 is 1.59. The first-order valence-electron chi connectivity index (χ1n) is 4.52. The summed E-state index contributed by atoms with van der Waals surface area (Å²) >= 11 is 0.